The first-order valence-electron chi connectivity index (χ1n) is 9.99. The molecule has 1 amide bonds. The lowest BCUT2D eigenvalue weighted by molar-refractivity contribution is 0.143. The van der Waals surface area contributed by atoms with Gasteiger partial charge in [-0.3, -0.25) is 4.90 Å². The summed E-state index contributed by atoms with van der Waals surface area (Å²) in [5, 5.41) is 0. The maximum Gasteiger partial charge on any atom is 0.415 e. The molecule has 0 bridgehead atoms. The Morgan fingerprint density at radius 2 is 1.90 bits per heavy atom. The molecule has 1 aliphatic heterocycles. The Hall–Kier alpha value is -2.79. The average Bonchev–Trinajstić information content (AvgIpc) is 2.78. The van der Waals surface area contributed by atoms with Crippen molar-refractivity contribution in [3.05, 3.63) is 93.5 Å². The molecule has 0 fully saturated rings. The van der Waals surface area contributed by atoms with E-state index in [1.54, 1.807) is 12.0 Å². The first kappa shape index (κ1) is 20.5. The van der Waals surface area contributed by atoms with Gasteiger partial charge in [0.2, 0.25) is 0 Å². The van der Waals surface area contributed by atoms with Gasteiger partial charge in [-0.2, -0.15) is 0 Å². The lowest BCUT2D eigenvalue weighted by Gasteiger charge is -2.37. The maximum absolute atomic E-state index is 13.3. The third kappa shape index (κ3) is 4.21. The van der Waals surface area contributed by atoms with E-state index in [1.165, 1.54) is 0 Å². The summed E-state index contributed by atoms with van der Waals surface area (Å²) >= 11 is 3.63. The van der Waals surface area contributed by atoms with Gasteiger partial charge < -0.3 is 9.47 Å². The Labute approximate surface area is 185 Å². The molecule has 3 aromatic rings. The van der Waals surface area contributed by atoms with Crippen molar-refractivity contribution in [1.29, 1.82) is 0 Å². The molecule has 3 aromatic carbocycles. The topological polar surface area (TPSA) is 38.8 Å². The minimum absolute atomic E-state index is 0.120. The van der Waals surface area contributed by atoms with Crippen LogP contribution in [0.2, 0.25) is 0 Å². The zero-order chi connectivity index (χ0) is 21.1. The van der Waals surface area contributed by atoms with Crippen LogP contribution >= 0.6 is 15.9 Å². The Balaban J connectivity index is 1.70. The van der Waals surface area contributed by atoms with Crippen molar-refractivity contribution in [3.8, 4) is 5.75 Å². The second-order valence-electron chi connectivity index (χ2n) is 7.47. The van der Waals surface area contributed by atoms with Gasteiger partial charge in [-0.1, -0.05) is 64.5 Å². The van der Waals surface area contributed by atoms with Crippen molar-refractivity contribution in [2.75, 3.05) is 12.0 Å². The van der Waals surface area contributed by atoms with E-state index in [4.69, 9.17) is 9.47 Å². The number of nitrogens with zero attached hydrogens (tertiary/aromatic N) is 1. The van der Waals surface area contributed by atoms with Gasteiger partial charge in [0.25, 0.3) is 0 Å². The first-order chi connectivity index (χ1) is 14.6. The van der Waals surface area contributed by atoms with Crippen LogP contribution < -0.4 is 9.64 Å². The van der Waals surface area contributed by atoms with Gasteiger partial charge in [0.05, 0.1) is 18.8 Å². The third-order valence-corrected chi connectivity index (χ3v) is 6.35. The van der Waals surface area contributed by atoms with Gasteiger partial charge in [0.15, 0.2) is 0 Å². The number of carbonyl (C=O) groups excluding carboxylic acids is 1. The molecule has 0 spiro atoms. The smallest absolute Gasteiger partial charge is 0.415 e. The summed E-state index contributed by atoms with van der Waals surface area (Å²) in [5.74, 6) is 0.779. The zero-order valence-corrected chi connectivity index (χ0v) is 18.7. The fourth-order valence-electron chi connectivity index (χ4n) is 3.92. The highest BCUT2D eigenvalue weighted by molar-refractivity contribution is 9.10. The summed E-state index contributed by atoms with van der Waals surface area (Å²) in [4.78, 5) is 15.1. The van der Waals surface area contributed by atoms with Crippen LogP contribution in [-0.2, 0) is 17.8 Å². The fraction of sp³-hybridized carbons (Fsp3) is 0.240. The number of aryl methyl sites for hydroxylation is 2. The monoisotopic (exact) mass is 465 g/mol. The molecule has 0 saturated heterocycles. The van der Waals surface area contributed by atoms with Gasteiger partial charge in [-0.05, 0) is 60.2 Å². The van der Waals surface area contributed by atoms with E-state index < -0.39 is 0 Å². The van der Waals surface area contributed by atoms with Gasteiger partial charge >= 0.3 is 6.09 Å². The number of amides is 1. The SMILES string of the molecule is COc1cccc(C2CCc3cc(C)c(Br)cc3N2C(=O)OCc2ccccc2)c1. The van der Waals surface area contributed by atoms with E-state index in [9.17, 15) is 4.79 Å². The highest BCUT2D eigenvalue weighted by Crippen LogP contribution is 2.42. The molecular weight excluding hydrogens is 442 g/mol. The fourth-order valence-corrected chi connectivity index (χ4v) is 4.25. The number of methoxy groups -OCH3 is 1. The molecule has 1 heterocycles. The minimum Gasteiger partial charge on any atom is -0.497 e. The molecule has 0 aliphatic carbocycles. The molecule has 4 nitrogen and oxygen atoms in total. The standard InChI is InChI=1S/C25H24BrNO3/c1-17-13-20-11-12-23(19-9-6-10-21(14-19)29-2)27(24(20)15-22(17)26)25(28)30-16-18-7-4-3-5-8-18/h3-10,13-15,23H,11-12,16H2,1-2H3. The molecule has 0 radical (unpaired) electrons. The maximum atomic E-state index is 13.3. The summed E-state index contributed by atoms with van der Waals surface area (Å²) in [5.41, 5.74) is 5.21. The minimum atomic E-state index is -0.344. The Morgan fingerprint density at radius 3 is 2.67 bits per heavy atom. The molecule has 5 heteroatoms. The third-order valence-electron chi connectivity index (χ3n) is 5.50. The molecule has 4 rings (SSSR count). The van der Waals surface area contributed by atoms with Crippen molar-refractivity contribution < 1.29 is 14.3 Å². The van der Waals surface area contributed by atoms with Crippen LogP contribution in [0, 0.1) is 6.92 Å². The molecule has 1 atom stereocenters. The number of halogens is 1. The van der Waals surface area contributed by atoms with Crippen LogP contribution in [0.25, 0.3) is 0 Å². The van der Waals surface area contributed by atoms with Crippen molar-refractivity contribution in [3.63, 3.8) is 0 Å². The predicted octanol–water partition coefficient (Wildman–Crippen LogP) is 6.60. The first-order valence-corrected chi connectivity index (χ1v) is 10.8. The van der Waals surface area contributed by atoms with Crippen molar-refractivity contribution in [1.82, 2.24) is 0 Å². The van der Waals surface area contributed by atoms with Crippen LogP contribution in [-0.4, -0.2) is 13.2 Å². The van der Waals surface area contributed by atoms with Crippen LogP contribution in [0.1, 0.15) is 34.7 Å². The molecule has 0 saturated carbocycles. The number of hydrogen-bond acceptors (Lipinski definition) is 3. The molecule has 154 valence electrons. The molecule has 1 unspecified atom stereocenters. The number of ether oxygens (including phenoxy) is 2. The predicted molar refractivity (Wildman–Crippen MR) is 122 cm³/mol. The molecule has 0 aromatic heterocycles. The highest BCUT2D eigenvalue weighted by atomic mass is 79.9. The van der Waals surface area contributed by atoms with E-state index in [-0.39, 0.29) is 18.7 Å². The quantitative estimate of drug-likeness (QED) is 0.435. The Kier molecular flexibility index (Phi) is 6.09. The van der Waals surface area contributed by atoms with E-state index >= 15 is 0 Å². The molecular formula is C25H24BrNO3. The normalized spacial score (nSPS) is 15.4. The summed E-state index contributed by atoms with van der Waals surface area (Å²) in [6.07, 6.45) is 1.37. The summed E-state index contributed by atoms with van der Waals surface area (Å²) in [6, 6.07) is 21.7. The molecule has 1 aliphatic rings. The average molecular weight is 466 g/mol. The molecule has 30 heavy (non-hydrogen) atoms. The summed E-state index contributed by atoms with van der Waals surface area (Å²) in [6.45, 7) is 2.31. The van der Waals surface area contributed by atoms with Gasteiger partial charge in [0.1, 0.15) is 12.4 Å². The number of rotatable bonds is 4. The van der Waals surface area contributed by atoms with Crippen molar-refractivity contribution in [2.45, 2.75) is 32.4 Å². The number of carbonyl (C=O) groups is 1. The van der Waals surface area contributed by atoms with E-state index in [1.807, 2.05) is 60.7 Å². The van der Waals surface area contributed by atoms with Crippen molar-refractivity contribution >= 4 is 27.7 Å². The van der Waals surface area contributed by atoms with Crippen molar-refractivity contribution in [2.24, 2.45) is 0 Å². The van der Waals surface area contributed by atoms with Gasteiger partial charge in [-0.25, -0.2) is 4.79 Å². The zero-order valence-electron chi connectivity index (χ0n) is 17.1. The highest BCUT2D eigenvalue weighted by Gasteiger charge is 2.34. The summed E-state index contributed by atoms with van der Waals surface area (Å²) in [7, 11) is 1.65. The van der Waals surface area contributed by atoms with E-state index in [0.29, 0.717) is 0 Å². The lowest BCUT2D eigenvalue weighted by Crippen LogP contribution is -2.39. The van der Waals surface area contributed by atoms with Gasteiger partial charge in [0, 0.05) is 4.47 Å². The summed E-state index contributed by atoms with van der Waals surface area (Å²) < 4.78 is 12.1. The second kappa shape index (κ2) is 8.92. The lowest BCUT2D eigenvalue weighted by atomic mass is 9.90. The Morgan fingerprint density at radius 1 is 1.10 bits per heavy atom. The number of fused-ring (bicyclic) bond motifs is 1. The Bertz CT molecular complexity index is 1050. The van der Waals surface area contributed by atoms with Crippen LogP contribution in [0.15, 0.2) is 71.2 Å². The second-order valence-corrected chi connectivity index (χ2v) is 8.33. The van der Waals surface area contributed by atoms with Gasteiger partial charge in [-0.15, -0.1) is 0 Å². The number of hydrogen-bond donors (Lipinski definition) is 0. The van der Waals surface area contributed by atoms with Crippen LogP contribution in [0.5, 0.6) is 5.75 Å². The van der Waals surface area contributed by atoms with Crippen LogP contribution in [0.4, 0.5) is 10.5 Å². The van der Waals surface area contributed by atoms with E-state index in [0.717, 1.165) is 51.0 Å². The largest absolute Gasteiger partial charge is 0.497 e. The van der Waals surface area contributed by atoms with Crippen LogP contribution in [0.3, 0.4) is 0 Å². The molecule has 0 N–H and O–H groups in total. The van der Waals surface area contributed by atoms with E-state index in [2.05, 4.69) is 28.9 Å². The number of benzene rings is 3. The number of anilines is 1.